The fraction of sp³-hybridized carbons (Fsp3) is 0.214. The van der Waals surface area contributed by atoms with E-state index in [0.717, 1.165) is 17.5 Å². The van der Waals surface area contributed by atoms with Gasteiger partial charge in [0.1, 0.15) is 28.9 Å². The molecule has 1 heterocycles. The summed E-state index contributed by atoms with van der Waals surface area (Å²) in [6, 6.07) is 8.63. The van der Waals surface area contributed by atoms with E-state index in [4.69, 9.17) is 20.3 Å². The average molecular weight is 321 g/mol. The van der Waals surface area contributed by atoms with Crippen molar-refractivity contribution in [3.63, 3.8) is 0 Å². The Labute approximate surface area is 131 Å². The monoisotopic (exact) mass is 321 g/mol. The Morgan fingerprint density at radius 1 is 1.27 bits per heavy atom. The van der Waals surface area contributed by atoms with Crippen LogP contribution >= 0.6 is 11.8 Å². The summed E-state index contributed by atoms with van der Waals surface area (Å²) in [5.74, 6) is 1.04. The zero-order valence-electron chi connectivity index (χ0n) is 11.9. The standard InChI is InChI=1S/C14H15N3O4S/c1-20-9-2-4-10(5-3-9)21-7-12-16-11(15)6-13(17-12)22-8-14(18)19/h2-6H,7-8H2,1H3,(H,18,19)(H2,15,16,17). The van der Waals surface area contributed by atoms with Crippen LogP contribution < -0.4 is 15.2 Å². The maximum Gasteiger partial charge on any atom is 0.313 e. The molecule has 0 amide bonds. The molecule has 0 saturated heterocycles. The summed E-state index contributed by atoms with van der Waals surface area (Å²) >= 11 is 1.08. The van der Waals surface area contributed by atoms with Crippen LogP contribution in [0.1, 0.15) is 5.82 Å². The first-order chi connectivity index (χ1) is 10.6. The molecule has 8 heteroatoms. The fourth-order valence-electron chi connectivity index (χ4n) is 1.59. The highest BCUT2D eigenvalue weighted by Crippen LogP contribution is 2.20. The lowest BCUT2D eigenvalue weighted by Gasteiger charge is -2.08. The van der Waals surface area contributed by atoms with E-state index in [1.165, 1.54) is 6.07 Å². The number of nitrogen functional groups attached to an aromatic ring is 1. The number of aliphatic carboxylic acids is 1. The molecule has 0 spiro atoms. The molecule has 116 valence electrons. The predicted molar refractivity (Wildman–Crippen MR) is 82.1 cm³/mol. The van der Waals surface area contributed by atoms with Gasteiger partial charge in [-0.2, -0.15) is 0 Å². The van der Waals surface area contributed by atoms with Gasteiger partial charge < -0.3 is 20.3 Å². The van der Waals surface area contributed by atoms with Crippen molar-refractivity contribution >= 4 is 23.5 Å². The highest BCUT2D eigenvalue weighted by molar-refractivity contribution is 7.99. The SMILES string of the molecule is COc1ccc(OCc2nc(N)cc(SCC(=O)O)n2)cc1. The number of benzene rings is 1. The molecule has 0 aliphatic rings. The molecule has 1 aromatic carbocycles. The number of methoxy groups -OCH3 is 1. The third kappa shape index (κ3) is 4.81. The molecule has 2 rings (SSSR count). The molecular weight excluding hydrogens is 306 g/mol. The number of aromatic nitrogens is 2. The van der Waals surface area contributed by atoms with Crippen LogP contribution in [0.5, 0.6) is 11.5 Å². The lowest BCUT2D eigenvalue weighted by atomic mass is 10.3. The van der Waals surface area contributed by atoms with Gasteiger partial charge in [0.25, 0.3) is 0 Å². The first-order valence-electron chi connectivity index (χ1n) is 6.31. The van der Waals surface area contributed by atoms with Crippen molar-refractivity contribution in [1.82, 2.24) is 9.97 Å². The quantitative estimate of drug-likeness (QED) is 0.587. The normalized spacial score (nSPS) is 10.2. The molecule has 0 unspecified atom stereocenters. The van der Waals surface area contributed by atoms with E-state index in [-0.39, 0.29) is 18.2 Å². The Bertz CT molecular complexity index is 649. The summed E-state index contributed by atoms with van der Waals surface area (Å²) in [6.07, 6.45) is 0. The van der Waals surface area contributed by atoms with Crippen LogP contribution in [0.15, 0.2) is 35.4 Å². The Kier molecular flexibility index (Phi) is 5.42. The zero-order chi connectivity index (χ0) is 15.9. The summed E-state index contributed by atoms with van der Waals surface area (Å²) in [5, 5.41) is 9.18. The molecule has 0 fully saturated rings. The van der Waals surface area contributed by atoms with Crippen molar-refractivity contribution in [3.05, 3.63) is 36.2 Å². The smallest absolute Gasteiger partial charge is 0.313 e. The van der Waals surface area contributed by atoms with Crippen molar-refractivity contribution in [2.45, 2.75) is 11.6 Å². The van der Waals surface area contributed by atoms with Gasteiger partial charge in [-0.05, 0) is 24.3 Å². The minimum absolute atomic E-state index is 0.0881. The third-order valence-electron chi connectivity index (χ3n) is 2.54. The van der Waals surface area contributed by atoms with E-state index in [1.807, 2.05) is 0 Å². The topological polar surface area (TPSA) is 108 Å². The van der Waals surface area contributed by atoms with Crippen molar-refractivity contribution in [3.8, 4) is 11.5 Å². The second kappa shape index (κ2) is 7.51. The van der Waals surface area contributed by atoms with Gasteiger partial charge in [0.15, 0.2) is 5.82 Å². The second-order valence-corrected chi connectivity index (χ2v) is 5.19. The number of thioether (sulfide) groups is 1. The largest absolute Gasteiger partial charge is 0.497 e. The summed E-state index contributed by atoms with van der Waals surface area (Å²) in [6.45, 7) is 0.137. The van der Waals surface area contributed by atoms with E-state index < -0.39 is 5.97 Å². The maximum atomic E-state index is 10.6. The van der Waals surface area contributed by atoms with Gasteiger partial charge in [0.2, 0.25) is 0 Å². The van der Waals surface area contributed by atoms with Crippen LogP contribution in [0.3, 0.4) is 0 Å². The van der Waals surface area contributed by atoms with Gasteiger partial charge in [0.05, 0.1) is 12.9 Å². The first kappa shape index (κ1) is 15.9. The minimum atomic E-state index is -0.918. The van der Waals surface area contributed by atoms with Gasteiger partial charge in [-0.1, -0.05) is 11.8 Å². The predicted octanol–water partition coefficient (Wildman–Crippen LogP) is 1.82. The molecule has 2 aromatic rings. The van der Waals surface area contributed by atoms with Crippen molar-refractivity contribution in [1.29, 1.82) is 0 Å². The number of nitrogens with two attached hydrogens (primary N) is 1. The Morgan fingerprint density at radius 2 is 1.95 bits per heavy atom. The number of anilines is 1. The van der Waals surface area contributed by atoms with Crippen LogP contribution in [0.25, 0.3) is 0 Å². The van der Waals surface area contributed by atoms with E-state index in [2.05, 4.69) is 9.97 Å². The number of ether oxygens (including phenoxy) is 2. The van der Waals surface area contributed by atoms with Crippen LogP contribution in [0, 0.1) is 0 Å². The summed E-state index contributed by atoms with van der Waals surface area (Å²) in [5.41, 5.74) is 5.69. The van der Waals surface area contributed by atoms with E-state index >= 15 is 0 Å². The van der Waals surface area contributed by atoms with E-state index in [9.17, 15) is 4.79 Å². The van der Waals surface area contributed by atoms with Crippen LogP contribution in [0.2, 0.25) is 0 Å². The lowest BCUT2D eigenvalue weighted by molar-refractivity contribution is -0.133. The number of hydrogen-bond donors (Lipinski definition) is 2. The Balaban J connectivity index is 2.00. The van der Waals surface area contributed by atoms with Gasteiger partial charge in [-0.25, -0.2) is 9.97 Å². The number of carbonyl (C=O) groups is 1. The van der Waals surface area contributed by atoms with Gasteiger partial charge in [-0.15, -0.1) is 0 Å². The molecule has 22 heavy (non-hydrogen) atoms. The highest BCUT2D eigenvalue weighted by atomic mass is 32.2. The molecule has 1 aromatic heterocycles. The van der Waals surface area contributed by atoms with Crippen LogP contribution in [0.4, 0.5) is 5.82 Å². The molecule has 0 saturated carbocycles. The first-order valence-corrected chi connectivity index (χ1v) is 7.30. The number of carboxylic acids is 1. The molecule has 0 aliphatic heterocycles. The fourth-order valence-corrected chi connectivity index (χ4v) is 2.23. The molecule has 0 bridgehead atoms. The molecule has 0 radical (unpaired) electrons. The van der Waals surface area contributed by atoms with Crippen molar-refractivity contribution in [2.24, 2.45) is 0 Å². The van der Waals surface area contributed by atoms with E-state index in [1.54, 1.807) is 31.4 Å². The van der Waals surface area contributed by atoms with Crippen LogP contribution in [-0.2, 0) is 11.4 Å². The molecule has 0 atom stereocenters. The number of hydrogen-bond acceptors (Lipinski definition) is 7. The number of carboxylic acid groups (broad SMARTS) is 1. The second-order valence-electron chi connectivity index (χ2n) is 4.19. The Hall–Kier alpha value is -2.48. The zero-order valence-corrected chi connectivity index (χ0v) is 12.7. The maximum absolute atomic E-state index is 10.6. The molecule has 3 N–H and O–H groups in total. The molecule has 7 nitrogen and oxygen atoms in total. The average Bonchev–Trinajstić information content (AvgIpc) is 2.51. The number of nitrogens with zero attached hydrogens (tertiary/aromatic N) is 2. The number of rotatable bonds is 7. The van der Waals surface area contributed by atoms with Gasteiger partial charge >= 0.3 is 5.97 Å². The summed E-state index contributed by atoms with van der Waals surface area (Å²) < 4.78 is 10.6. The molecular formula is C14H15N3O4S. The summed E-state index contributed by atoms with van der Waals surface area (Å²) in [7, 11) is 1.59. The third-order valence-corrected chi connectivity index (χ3v) is 3.44. The minimum Gasteiger partial charge on any atom is -0.497 e. The lowest BCUT2D eigenvalue weighted by Crippen LogP contribution is -2.06. The van der Waals surface area contributed by atoms with Gasteiger partial charge in [-0.3, -0.25) is 4.79 Å². The van der Waals surface area contributed by atoms with Gasteiger partial charge in [0, 0.05) is 6.07 Å². The van der Waals surface area contributed by atoms with Crippen molar-refractivity contribution < 1.29 is 19.4 Å². The highest BCUT2D eigenvalue weighted by Gasteiger charge is 2.07. The molecule has 0 aliphatic carbocycles. The Morgan fingerprint density at radius 3 is 2.59 bits per heavy atom. The van der Waals surface area contributed by atoms with E-state index in [0.29, 0.717) is 16.6 Å². The summed E-state index contributed by atoms with van der Waals surface area (Å²) in [4.78, 5) is 18.9. The van der Waals surface area contributed by atoms with Crippen LogP contribution in [-0.4, -0.2) is 33.9 Å². The van der Waals surface area contributed by atoms with Crippen molar-refractivity contribution in [2.75, 3.05) is 18.6 Å².